The molecule has 2 aromatic rings. The van der Waals surface area contributed by atoms with Crippen molar-refractivity contribution in [1.82, 2.24) is 0 Å². The van der Waals surface area contributed by atoms with Crippen LogP contribution in [0.2, 0.25) is 0 Å². The molecule has 3 N–H and O–H groups in total. The molecule has 0 saturated carbocycles. The fourth-order valence-electron chi connectivity index (χ4n) is 2.31. The average molecular weight is 385 g/mol. The number of hydrogen-bond acceptors (Lipinski definition) is 5. The van der Waals surface area contributed by atoms with E-state index in [1.165, 1.54) is 7.11 Å². The first-order valence-corrected chi connectivity index (χ1v) is 8.90. The number of amides is 2. The second-order valence-corrected chi connectivity index (χ2v) is 7.25. The first-order chi connectivity index (χ1) is 13.2. The highest BCUT2D eigenvalue weighted by Crippen LogP contribution is 2.28. The Balaban J connectivity index is 1.98. The van der Waals surface area contributed by atoms with Gasteiger partial charge in [-0.25, -0.2) is 0 Å². The molecule has 2 amide bonds. The van der Waals surface area contributed by atoms with E-state index in [1.54, 1.807) is 37.4 Å². The molecular weight excluding hydrogens is 358 g/mol. The zero-order valence-electron chi connectivity index (χ0n) is 16.9. The molecule has 150 valence electrons. The van der Waals surface area contributed by atoms with Gasteiger partial charge in [-0.1, -0.05) is 26.8 Å². The van der Waals surface area contributed by atoms with Crippen LogP contribution in [-0.4, -0.2) is 32.6 Å². The smallest absolute Gasteiger partial charge is 0.243 e. The van der Waals surface area contributed by atoms with Gasteiger partial charge in [0.05, 0.1) is 26.5 Å². The highest BCUT2D eigenvalue weighted by molar-refractivity contribution is 5.96. The van der Waals surface area contributed by atoms with Crippen LogP contribution in [0.25, 0.3) is 0 Å². The molecule has 0 saturated heterocycles. The van der Waals surface area contributed by atoms with Gasteiger partial charge in [0.25, 0.3) is 0 Å². The molecule has 0 aliphatic rings. The van der Waals surface area contributed by atoms with Crippen molar-refractivity contribution in [3.63, 3.8) is 0 Å². The highest BCUT2D eigenvalue weighted by Gasteiger charge is 2.21. The van der Waals surface area contributed by atoms with E-state index < -0.39 is 5.41 Å². The van der Waals surface area contributed by atoms with Crippen molar-refractivity contribution in [1.29, 1.82) is 0 Å². The summed E-state index contributed by atoms with van der Waals surface area (Å²) >= 11 is 0. The molecule has 7 heteroatoms. The lowest BCUT2D eigenvalue weighted by molar-refractivity contribution is -0.123. The van der Waals surface area contributed by atoms with Crippen molar-refractivity contribution < 1.29 is 19.1 Å². The lowest BCUT2D eigenvalue weighted by Gasteiger charge is -2.18. The van der Waals surface area contributed by atoms with Crippen LogP contribution in [-0.2, 0) is 9.59 Å². The van der Waals surface area contributed by atoms with Crippen LogP contribution in [0.3, 0.4) is 0 Å². The molecular formula is C21H27N3O4. The SMILES string of the molecule is COc1ccc(OC)c(NC(=O)CNc2cccc(NC(=O)C(C)(C)C)c2)c1. The zero-order valence-corrected chi connectivity index (χ0v) is 16.9. The Morgan fingerprint density at radius 2 is 1.64 bits per heavy atom. The number of carbonyl (C=O) groups is 2. The summed E-state index contributed by atoms with van der Waals surface area (Å²) in [5, 5.41) is 8.71. The minimum absolute atomic E-state index is 0.0526. The number of benzene rings is 2. The summed E-state index contributed by atoms with van der Waals surface area (Å²) in [4.78, 5) is 24.4. The standard InChI is InChI=1S/C21H27N3O4/c1-21(2,3)20(26)23-15-8-6-7-14(11-15)22-13-19(25)24-17-12-16(27-4)9-10-18(17)28-5/h6-12,22H,13H2,1-5H3,(H,23,26)(H,24,25). The van der Waals surface area contributed by atoms with E-state index in [0.29, 0.717) is 22.9 Å². The molecule has 2 aromatic carbocycles. The van der Waals surface area contributed by atoms with Gasteiger partial charge >= 0.3 is 0 Å². The first-order valence-electron chi connectivity index (χ1n) is 8.90. The molecule has 0 heterocycles. The molecule has 0 aliphatic heterocycles. The number of carbonyl (C=O) groups excluding carboxylic acids is 2. The van der Waals surface area contributed by atoms with Crippen molar-refractivity contribution >= 4 is 28.9 Å². The van der Waals surface area contributed by atoms with Crippen molar-refractivity contribution in [2.75, 3.05) is 36.7 Å². The fourth-order valence-corrected chi connectivity index (χ4v) is 2.31. The molecule has 7 nitrogen and oxygen atoms in total. The molecule has 0 aliphatic carbocycles. The first kappa shape index (κ1) is 21.1. The van der Waals surface area contributed by atoms with E-state index in [1.807, 2.05) is 32.9 Å². The van der Waals surface area contributed by atoms with E-state index in [9.17, 15) is 9.59 Å². The Labute approximate surface area is 165 Å². The Morgan fingerprint density at radius 3 is 2.29 bits per heavy atom. The minimum Gasteiger partial charge on any atom is -0.497 e. The van der Waals surface area contributed by atoms with E-state index in [-0.39, 0.29) is 18.4 Å². The summed E-state index contributed by atoms with van der Waals surface area (Å²) < 4.78 is 10.4. The maximum absolute atomic E-state index is 12.3. The number of rotatable bonds is 7. The van der Waals surface area contributed by atoms with Crippen molar-refractivity contribution in [3.8, 4) is 11.5 Å². The molecule has 0 radical (unpaired) electrons. The van der Waals surface area contributed by atoms with Gasteiger partial charge in [0.2, 0.25) is 11.8 Å². The van der Waals surface area contributed by atoms with Gasteiger partial charge in [-0.2, -0.15) is 0 Å². The summed E-state index contributed by atoms with van der Waals surface area (Å²) in [6.45, 7) is 5.60. The van der Waals surface area contributed by atoms with Gasteiger partial charge in [-0.05, 0) is 30.3 Å². The number of methoxy groups -OCH3 is 2. The van der Waals surface area contributed by atoms with Crippen molar-refractivity contribution in [2.24, 2.45) is 5.41 Å². The van der Waals surface area contributed by atoms with Crippen LogP contribution < -0.4 is 25.4 Å². The number of ether oxygens (including phenoxy) is 2. The summed E-state index contributed by atoms with van der Waals surface area (Å²) in [6.07, 6.45) is 0. The van der Waals surface area contributed by atoms with E-state index in [4.69, 9.17) is 9.47 Å². The Morgan fingerprint density at radius 1 is 0.929 bits per heavy atom. The fraction of sp³-hybridized carbons (Fsp3) is 0.333. The zero-order chi connectivity index (χ0) is 20.7. The van der Waals surface area contributed by atoms with Gasteiger partial charge < -0.3 is 25.4 Å². The summed E-state index contributed by atoms with van der Waals surface area (Å²) in [7, 11) is 3.09. The third-order valence-corrected chi connectivity index (χ3v) is 3.94. The van der Waals surface area contributed by atoms with E-state index >= 15 is 0 Å². The molecule has 0 spiro atoms. The Hall–Kier alpha value is -3.22. The largest absolute Gasteiger partial charge is 0.497 e. The average Bonchev–Trinajstić information content (AvgIpc) is 2.66. The second kappa shape index (κ2) is 9.12. The number of hydrogen-bond donors (Lipinski definition) is 3. The summed E-state index contributed by atoms with van der Waals surface area (Å²) in [5.41, 5.74) is 1.43. The van der Waals surface area contributed by atoms with Crippen LogP contribution in [0.4, 0.5) is 17.1 Å². The van der Waals surface area contributed by atoms with E-state index in [0.717, 1.165) is 5.69 Å². The maximum Gasteiger partial charge on any atom is 0.243 e. The lowest BCUT2D eigenvalue weighted by atomic mass is 9.95. The number of nitrogens with one attached hydrogen (secondary N) is 3. The molecule has 2 rings (SSSR count). The normalized spacial score (nSPS) is 10.8. The van der Waals surface area contributed by atoms with Gasteiger partial charge in [0.15, 0.2) is 0 Å². The lowest BCUT2D eigenvalue weighted by Crippen LogP contribution is -2.27. The van der Waals surface area contributed by atoms with Crippen LogP contribution in [0.5, 0.6) is 11.5 Å². The monoisotopic (exact) mass is 385 g/mol. The van der Waals surface area contributed by atoms with Gasteiger partial charge in [-0.3, -0.25) is 9.59 Å². The minimum atomic E-state index is -0.487. The molecule has 0 atom stereocenters. The van der Waals surface area contributed by atoms with E-state index in [2.05, 4.69) is 16.0 Å². The van der Waals surface area contributed by atoms with Crippen LogP contribution in [0, 0.1) is 5.41 Å². The maximum atomic E-state index is 12.3. The summed E-state index contributed by atoms with van der Waals surface area (Å²) in [6, 6.07) is 12.4. The molecule has 0 unspecified atom stereocenters. The molecule has 0 aromatic heterocycles. The second-order valence-electron chi connectivity index (χ2n) is 7.25. The van der Waals surface area contributed by atoms with Gasteiger partial charge in [-0.15, -0.1) is 0 Å². The van der Waals surface area contributed by atoms with Crippen molar-refractivity contribution in [2.45, 2.75) is 20.8 Å². The Bertz CT molecular complexity index is 844. The van der Waals surface area contributed by atoms with Crippen LogP contribution in [0.15, 0.2) is 42.5 Å². The molecule has 0 bridgehead atoms. The Kier molecular flexibility index (Phi) is 6.87. The van der Waals surface area contributed by atoms with Crippen LogP contribution >= 0.6 is 0 Å². The van der Waals surface area contributed by atoms with Gasteiger partial charge in [0, 0.05) is 22.9 Å². The predicted octanol–water partition coefficient (Wildman–Crippen LogP) is 3.74. The highest BCUT2D eigenvalue weighted by atomic mass is 16.5. The van der Waals surface area contributed by atoms with Crippen LogP contribution in [0.1, 0.15) is 20.8 Å². The molecule has 28 heavy (non-hydrogen) atoms. The summed E-state index contributed by atoms with van der Waals surface area (Å²) in [5.74, 6) is 0.843. The number of anilines is 3. The predicted molar refractivity (Wildman–Crippen MR) is 111 cm³/mol. The molecule has 0 fully saturated rings. The topological polar surface area (TPSA) is 88.7 Å². The van der Waals surface area contributed by atoms with Gasteiger partial charge in [0.1, 0.15) is 11.5 Å². The quantitative estimate of drug-likeness (QED) is 0.676. The van der Waals surface area contributed by atoms with Crippen molar-refractivity contribution in [3.05, 3.63) is 42.5 Å². The third kappa shape index (κ3) is 5.90. The third-order valence-electron chi connectivity index (χ3n) is 3.94.